The molecule has 5 nitrogen and oxygen atoms in total. The van der Waals surface area contributed by atoms with Gasteiger partial charge in [0.2, 0.25) is 5.91 Å². The van der Waals surface area contributed by atoms with Crippen LogP contribution in [0.5, 0.6) is 0 Å². The van der Waals surface area contributed by atoms with Gasteiger partial charge in [0.15, 0.2) is 0 Å². The maximum Gasteiger partial charge on any atom is 0.236 e. The Bertz CT molecular complexity index is 254. The zero-order chi connectivity index (χ0) is 12.1. The smallest absolute Gasteiger partial charge is 0.236 e. The molecule has 1 atom stereocenters. The quantitative estimate of drug-likeness (QED) is 0.723. The van der Waals surface area contributed by atoms with Gasteiger partial charge in [0.1, 0.15) is 0 Å². The molecule has 1 N–H and O–H groups in total. The van der Waals surface area contributed by atoms with Gasteiger partial charge in [0.05, 0.1) is 19.8 Å². The van der Waals surface area contributed by atoms with Crippen LogP contribution in [0.4, 0.5) is 0 Å². The highest BCUT2D eigenvalue weighted by atomic mass is 16.5. The predicted molar refractivity (Wildman–Crippen MR) is 65.9 cm³/mol. The third-order valence-electron chi connectivity index (χ3n) is 3.60. The van der Waals surface area contributed by atoms with Crippen molar-refractivity contribution < 1.29 is 9.53 Å². The number of likely N-dealkylation sites (tertiary alicyclic amines) is 1. The van der Waals surface area contributed by atoms with Crippen LogP contribution in [0.2, 0.25) is 0 Å². The average Bonchev–Trinajstić information content (AvgIpc) is 2.86. The summed E-state index contributed by atoms with van der Waals surface area (Å²) in [7, 11) is 0. The summed E-state index contributed by atoms with van der Waals surface area (Å²) in [5, 5.41) is 3.09. The number of nitrogens with one attached hydrogen (secondary N) is 1. The van der Waals surface area contributed by atoms with E-state index < -0.39 is 0 Å². The Kier molecular flexibility index (Phi) is 4.76. The van der Waals surface area contributed by atoms with Gasteiger partial charge in [-0.3, -0.25) is 9.69 Å². The maximum absolute atomic E-state index is 11.9. The molecule has 17 heavy (non-hydrogen) atoms. The number of carbonyl (C=O) groups excluding carboxylic acids is 1. The second-order valence-corrected chi connectivity index (χ2v) is 4.71. The van der Waals surface area contributed by atoms with Crippen LogP contribution in [-0.4, -0.2) is 74.2 Å². The number of carbonyl (C=O) groups is 1. The van der Waals surface area contributed by atoms with Crippen LogP contribution >= 0.6 is 0 Å². The Morgan fingerprint density at radius 2 is 2.12 bits per heavy atom. The molecule has 0 aromatic carbocycles. The van der Waals surface area contributed by atoms with E-state index in [0.717, 1.165) is 52.4 Å². The number of hydrogen-bond acceptors (Lipinski definition) is 4. The summed E-state index contributed by atoms with van der Waals surface area (Å²) in [5.74, 6) is 0.239. The van der Waals surface area contributed by atoms with Crippen molar-refractivity contribution in [3.8, 4) is 0 Å². The molecule has 2 aliphatic rings. The lowest BCUT2D eigenvalue weighted by molar-refractivity contribution is -0.129. The van der Waals surface area contributed by atoms with E-state index in [0.29, 0.717) is 12.6 Å². The van der Waals surface area contributed by atoms with Gasteiger partial charge in [-0.25, -0.2) is 0 Å². The largest absolute Gasteiger partial charge is 0.379 e. The third-order valence-corrected chi connectivity index (χ3v) is 3.60. The van der Waals surface area contributed by atoms with Crippen molar-refractivity contribution in [1.29, 1.82) is 0 Å². The van der Waals surface area contributed by atoms with E-state index in [2.05, 4.69) is 10.2 Å². The van der Waals surface area contributed by atoms with E-state index in [-0.39, 0.29) is 5.91 Å². The summed E-state index contributed by atoms with van der Waals surface area (Å²) in [6, 6.07) is 0.546. The Balaban J connectivity index is 1.76. The predicted octanol–water partition coefficient (Wildman–Crippen LogP) is -0.471. The van der Waals surface area contributed by atoms with Crippen molar-refractivity contribution in [3.63, 3.8) is 0 Å². The normalized spacial score (nSPS) is 26.4. The van der Waals surface area contributed by atoms with Crippen LogP contribution in [0.1, 0.15) is 13.3 Å². The molecule has 0 bridgehead atoms. The van der Waals surface area contributed by atoms with Gasteiger partial charge < -0.3 is 15.0 Å². The first-order valence-corrected chi connectivity index (χ1v) is 6.61. The van der Waals surface area contributed by atoms with Gasteiger partial charge in [-0.2, -0.15) is 0 Å². The molecule has 5 heteroatoms. The van der Waals surface area contributed by atoms with E-state index in [1.807, 2.05) is 11.8 Å². The SMILES string of the molecule is CCNCC(=O)N1CCC(N2CCOCC2)C1. The summed E-state index contributed by atoms with van der Waals surface area (Å²) in [6.45, 7) is 8.85. The van der Waals surface area contributed by atoms with Crippen molar-refractivity contribution >= 4 is 5.91 Å². The number of amides is 1. The minimum atomic E-state index is 0.239. The Morgan fingerprint density at radius 3 is 2.82 bits per heavy atom. The molecule has 2 heterocycles. The highest BCUT2D eigenvalue weighted by molar-refractivity contribution is 5.78. The summed E-state index contributed by atoms with van der Waals surface area (Å²) in [5.41, 5.74) is 0. The number of nitrogens with zero attached hydrogens (tertiary/aromatic N) is 2. The molecule has 0 aromatic heterocycles. The number of ether oxygens (including phenoxy) is 1. The van der Waals surface area contributed by atoms with E-state index in [1.54, 1.807) is 0 Å². The van der Waals surface area contributed by atoms with E-state index >= 15 is 0 Å². The molecule has 2 fully saturated rings. The molecule has 0 saturated carbocycles. The number of morpholine rings is 1. The molecule has 0 radical (unpaired) electrons. The summed E-state index contributed by atoms with van der Waals surface area (Å²) >= 11 is 0. The molecule has 1 unspecified atom stereocenters. The molecular weight excluding hydrogens is 218 g/mol. The van der Waals surface area contributed by atoms with E-state index in [4.69, 9.17) is 4.74 Å². The highest BCUT2D eigenvalue weighted by Crippen LogP contribution is 2.16. The topological polar surface area (TPSA) is 44.8 Å². The van der Waals surface area contributed by atoms with Gasteiger partial charge in [0, 0.05) is 32.2 Å². The molecule has 0 spiro atoms. The number of rotatable bonds is 4. The minimum Gasteiger partial charge on any atom is -0.379 e. The molecule has 1 amide bonds. The van der Waals surface area contributed by atoms with Crippen LogP contribution in [0, 0.1) is 0 Å². The van der Waals surface area contributed by atoms with E-state index in [1.165, 1.54) is 0 Å². The lowest BCUT2D eigenvalue weighted by atomic mass is 10.2. The molecular formula is C12H23N3O2. The zero-order valence-corrected chi connectivity index (χ0v) is 10.7. The van der Waals surface area contributed by atoms with Gasteiger partial charge >= 0.3 is 0 Å². The summed E-state index contributed by atoms with van der Waals surface area (Å²) in [4.78, 5) is 16.3. The van der Waals surface area contributed by atoms with Crippen molar-refractivity contribution in [2.24, 2.45) is 0 Å². The van der Waals surface area contributed by atoms with Gasteiger partial charge in [-0.15, -0.1) is 0 Å². The molecule has 2 aliphatic heterocycles. The Hall–Kier alpha value is -0.650. The summed E-state index contributed by atoms with van der Waals surface area (Å²) in [6.07, 6.45) is 1.11. The maximum atomic E-state index is 11.9. The first-order valence-electron chi connectivity index (χ1n) is 6.61. The minimum absolute atomic E-state index is 0.239. The van der Waals surface area contributed by atoms with Gasteiger partial charge in [0.25, 0.3) is 0 Å². The molecule has 98 valence electrons. The van der Waals surface area contributed by atoms with E-state index in [9.17, 15) is 4.79 Å². The van der Waals surface area contributed by atoms with Gasteiger partial charge in [-0.1, -0.05) is 6.92 Å². The molecule has 2 saturated heterocycles. The van der Waals surface area contributed by atoms with Crippen LogP contribution in [-0.2, 0) is 9.53 Å². The standard InChI is InChI=1S/C12H23N3O2/c1-2-13-9-12(16)15-4-3-11(10-15)14-5-7-17-8-6-14/h11,13H,2-10H2,1H3. The number of likely N-dealkylation sites (N-methyl/N-ethyl adjacent to an activating group) is 1. The van der Waals surface area contributed by atoms with Crippen LogP contribution in [0.3, 0.4) is 0 Å². The van der Waals surface area contributed by atoms with Gasteiger partial charge in [-0.05, 0) is 13.0 Å². The fourth-order valence-electron chi connectivity index (χ4n) is 2.55. The summed E-state index contributed by atoms with van der Waals surface area (Å²) < 4.78 is 5.35. The third kappa shape index (κ3) is 3.40. The first-order chi connectivity index (χ1) is 8.31. The van der Waals surface area contributed by atoms with Crippen molar-refractivity contribution in [2.45, 2.75) is 19.4 Å². The van der Waals surface area contributed by atoms with Crippen molar-refractivity contribution in [3.05, 3.63) is 0 Å². The van der Waals surface area contributed by atoms with Crippen molar-refractivity contribution in [2.75, 3.05) is 52.5 Å². The fourth-order valence-corrected chi connectivity index (χ4v) is 2.55. The monoisotopic (exact) mass is 241 g/mol. The molecule has 0 aromatic rings. The first kappa shape index (κ1) is 12.8. The second-order valence-electron chi connectivity index (χ2n) is 4.71. The highest BCUT2D eigenvalue weighted by Gasteiger charge is 2.30. The van der Waals surface area contributed by atoms with Crippen LogP contribution in [0.15, 0.2) is 0 Å². The average molecular weight is 241 g/mol. The molecule has 2 rings (SSSR count). The van der Waals surface area contributed by atoms with Crippen LogP contribution < -0.4 is 5.32 Å². The number of hydrogen-bond donors (Lipinski definition) is 1. The zero-order valence-electron chi connectivity index (χ0n) is 10.7. The molecule has 0 aliphatic carbocycles. The lowest BCUT2D eigenvalue weighted by Crippen LogP contribution is -2.45. The Morgan fingerprint density at radius 1 is 1.35 bits per heavy atom. The lowest BCUT2D eigenvalue weighted by Gasteiger charge is -2.32. The fraction of sp³-hybridized carbons (Fsp3) is 0.917. The van der Waals surface area contributed by atoms with Crippen molar-refractivity contribution in [1.82, 2.24) is 15.1 Å². The second kappa shape index (κ2) is 6.33. The van der Waals surface area contributed by atoms with Crippen LogP contribution in [0.25, 0.3) is 0 Å². The Labute approximate surface area is 103 Å².